The zero-order chi connectivity index (χ0) is 55.1. The average molecular weight is 1110 g/mol. The Balaban J connectivity index is 0.833. The van der Waals surface area contributed by atoms with Crippen molar-refractivity contribution in [3.63, 3.8) is 0 Å². The third-order valence-electron chi connectivity index (χ3n) is 16.4. The highest BCUT2D eigenvalue weighted by atomic mass is 32.2. The maximum absolute atomic E-state index is 14.7. The summed E-state index contributed by atoms with van der Waals surface area (Å²) in [6.45, 7) is 11.7. The second-order valence-electron chi connectivity index (χ2n) is 22.8. The van der Waals surface area contributed by atoms with Crippen LogP contribution in [0.1, 0.15) is 111 Å². The van der Waals surface area contributed by atoms with Crippen LogP contribution in [0.25, 0.3) is 11.0 Å². The zero-order valence-corrected chi connectivity index (χ0v) is 46.4. The van der Waals surface area contributed by atoms with Crippen molar-refractivity contribution in [2.45, 2.75) is 107 Å². The maximum Gasteiger partial charge on any atom is 0.312 e. The summed E-state index contributed by atoms with van der Waals surface area (Å²) in [5.74, 6) is -1.11. The topological polar surface area (TPSA) is 229 Å². The molecule has 3 aromatic carbocycles. The molecule has 0 bridgehead atoms. The number of fused-ring (bicyclic) bond motifs is 1. The Kier molecular flexibility index (Phi) is 15.4. The summed E-state index contributed by atoms with van der Waals surface area (Å²) in [6, 6.07) is 24.8. The first-order valence-electron chi connectivity index (χ1n) is 26.8. The smallest absolute Gasteiger partial charge is 0.312 e. The first-order chi connectivity index (χ1) is 37.1. The van der Waals surface area contributed by atoms with Crippen molar-refractivity contribution in [1.82, 2.24) is 29.5 Å². The van der Waals surface area contributed by atoms with Gasteiger partial charge in [0.1, 0.15) is 27.9 Å². The number of H-pyrrole nitrogens is 1. The Bertz CT molecular complexity index is 3440. The van der Waals surface area contributed by atoms with Gasteiger partial charge >= 0.3 is 5.69 Å². The summed E-state index contributed by atoms with van der Waals surface area (Å²) >= 11 is 0. The monoisotopic (exact) mass is 1100 g/mol. The fourth-order valence-electron chi connectivity index (χ4n) is 12.0. The highest BCUT2D eigenvalue weighted by Crippen LogP contribution is 2.53. The van der Waals surface area contributed by atoms with Crippen molar-refractivity contribution in [2.75, 3.05) is 62.0 Å². The third kappa shape index (κ3) is 12.3. The third-order valence-corrected chi connectivity index (χ3v) is 18.3. The number of benzene rings is 3. The molecule has 5 heterocycles. The van der Waals surface area contributed by atoms with Crippen LogP contribution in [0.4, 0.5) is 27.3 Å². The predicted molar refractivity (Wildman–Crippen MR) is 300 cm³/mol. The van der Waals surface area contributed by atoms with Gasteiger partial charge in [0, 0.05) is 104 Å². The summed E-state index contributed by atoms with van der Waals surface area (Å²) in [6.07, 6.45) is 13.5. The zero-order valence-electron chi connectivity index (χ0n) is 44.8. The van der Waals surface area contributed by atoms with Gasteiger partial charge in [0.05, 0.1) is 39.6 Å². The van der Waals surface area contributed by atoms with Crippen molar-refractivity contribution in [1.29, 1.82) is 0 Å². The van der Waals surface area contributed by atoms with Gasteiger partial charge in [-0.2, -0.15) is 4.36 Å². The number of piperidine rings is 1. The van der Waals surface area contributed by atoms with E-state index in [-0.39, 0.29) is 45.6 Å². The SMILES string of the molecule is CC(C)c1ccccc1[C@@H]1CN(Cc2ccc(N=S(C)(C)=O)cc2)CCN1C1CC2(CCN(c3ccc(C(=O)NS(=O)(=O)c4cnc(NCC5CCC(C)(O)CC5)c([N+](=O)[O-])c4)c(Oc4cnc5[nH]cc(F)c5c4)c3)CC2)C1. The number of nitrogens with zero attached hydrogens (tertiary/aromatic N) is 7. The van der Waals surface area contributed by atoms with E-state index < -0.39 is 52.6 Å². The van der Waals surface area contributed by atoms with E-state index in [1.54, 1.807) is 31.6 Å². The number of carbonyl (C=O) groups is 1. The number of sulfonamides is 1. The molecular weight excluding hydrogens is 1040 g/mol. The van der Waals surface area contributed by atoms with Crippen LogP contribution in [-0.4, -0.2) is 117 Å². The van der Waals surface area contributed by atoms with E-state index in [9.17, 15) is 37.0 Å². The Morgan fingerprint density at radius 1 is 0.962 bits per heavy atom. The van der Waals surface area contributed by atoms with Crippen LogP contribution in [0.2, 0.25) is 0 Å². The Morgan fingerprint density at radius 3 is 2.40 bits per heavy atom. The van der Waals surface area contributed by atoms with E-state index in [0.717, 1.165) is 88.6 Å². The number of pyridine rings is 2. The fourth-order valence-corrected chi connectivity index (χ4v) is 13.6. The molecule has 18 nitrogen and oxygen atoms in total. The maximum atomic E-state index is 14.7. The van der Waals surface area contributed by atoms with Crippen LogP contribution in [0.3, 0.4) is 0 Å². The van der Waals surface area contributed by atoms with E-state index in [0.29, 0.717) is 49.8 Å². The van der Waals surface area contributed by atoms with E-state index >= 15 is 0 Å². The van der Waals surface area contributed by atoms with Gasteiger partial charge in [0.25, 0.3) is 15.9 Å². The lowest BCUT2D eigenvalue weighted by Gasteiger charge is -2.58. The number of nitro groups is 1. The normalized spacial score (nSPS) is 21.4. The van der Waals surface area contributed by atoms with Crippen LogP contribution in [0, 0.1) is 27.3 Å². The van der Waals surface area contributed by atoms with Gasteiger partial charge in [0.2, 0.25) is 5.82 Å². The first-order valence-corrected chi connectivity index (χ1v) is 30.6. The standard InChI is InChI=1S/C57H69FN10O8S2/c1-37(2)45-8-6-7-9-46(45)51-36-65(35-39-10-12-40(13-11-39)63-77(4,5)73)24-25-67(51)42-29-57(30-42)20-22-66(23-21-57)41-14-15-47(52(26-41)76-43-27-48-49(58)34-62-53(48)60-32-43)55(69)64-78(74,75)44-28-50(68(71)72)54(61-33-44)59-31-38-16-18-56(3,70)19-17-38/h6-15,26-28,32-34,37-38,42,51,70H,16-25,29-31,35-36H2,1-5H3,(H,59,61)(H,60,62)(H,64,69)/t38?,51-,56?/m0/s1. The van der Waals surface area contributed by atoms with Gasteiger partial charge < -0.3 is 25.0 Å². The highest BCUT2D eigenvalue weighted by Gasteiger charge is 2.50. The molecule has 21 heteroatoms. The molecule has 3 aromatic heterocycles. The van der Waals surface area contributed by atoms with Gasteiger partial charge in [-0.3, -0.25) is 24.7 Å². The number of amides is 1. The van der Waals surface area contributed by atoms with Crippen LogP contribution in [0.5, 0.6) is 11.5 Å². The van der Waals surface area contributed by atoms with Gasteiger partial charge in [0.15, 0.2) is 0 Å². The molecule has 10 rings (SSSR count). The van der Waals surface area contributed by atoms with Gasteiger partial charge in [-0.25, -0.2) is 31.7 Å². The molecule has 1 spiro atoms. The molecule has 2 saturated heterocycles. The molecule has 2 saturated carbocycles. The Hall–Kier alpha value is -6.52. The number of nitrogens with one attached hydrogen (secondary N) is 3. The van der Waals surface area contributed by atoms with E-state index in [1.807, 2.05) is 12.1 Å². The molecule has 0 radical (unpaired) electrons. The lowest BCUT2D eigenvalue weighted by Crippen LogP contribution is -2.60. The van der Waals surface area contributed by atoms with Crippen molar-refractivity contribution in [3.05, 3.63) is 136 Å². The molecule has 1 amide bonds. The number of anilines is 2. The van der Waals surface area contributed by atoms with Gasteiger partial charge in [-0.15, -0.1) is 0 Å². The number of piperazine rings is 1. The molecule has 1 atom stereocenters. The predicted octanol–water partition coefficient (Wildman–Crippen LogP) is 10.1. The average Bonchev–Trinajstić information content (AvgIpc) is 3.79. The fraction of sp³-hybridized carbons (Fsp3) is 0.456. The lowest BCUT2D eigenvalue weighted by atomic mass is 9.59. The largest absolute Gasteiger partial charge is 0.455 e. The molecule has 6 aromatic rings. The summed E-state index contributed by atoms with van der Waals surface area (Å²) in [4.78, 5) is 43.7. The van der Waals surface area contributed by atoms with Crippen molar-refractivity contribution in [2.24, 2.45) is 15.7 Å². The molecule has 414 valence electrons. The molecule has 2 aliphatic carbocycles. The quantitative estimate of drug-likeness (QED) is 0.0522. The van der Waals surface area contributed by atoms with Crippen LogP contribution in [0.15, 0.2) is 107 Å². The molecule has 4 aliphatic rings. The number of carbonyl (C=O) groups excluding carboxylic acids is 1. The number of ether oxygens (including phenoxy) is 1. The molecule has 0 unspecified atom stereocenters. The lowest BCUT2D eigenvalue weighted by molar-refractivity contribution is -0.384. The van der Waals surface area contributed by atoms with E-state index in [4.69, 9.17) is 4.74 Å². The summed E-state index contributed by atoms with van der Waals surface area (Å²) < 4.78 is 67.4. The number of hydrogen-bond acceptors (Lipinski definition) is 15. The minimum absolute atomic E-state index is 0.00209. The summed E-state index contributed by atoms with van der Waals surface area (Å²) in [5, 5.41) is 25.7. The van der Waals surface area contributed by atoms with Crippen molar-refractivity contribution in [3.8, 4) is 11.5 Å². The number of aliphatic hydroxyl groups is 1. The number of aromatic nitrogens is 3. The van der Waals surface area contributed by atoms with Gasteiger partial charge in [-0.05, 0) is 123 Å². The number of hydrogen-bond donors (Lipinski definition) is 4. The Morgan fingerprint density at radius 2 is 1.69 bits per heavy atom. The second-order valence-corrected chi connectivity index (χ2v) is 27.0. The molecule has 78 heavy (non-hydrogen) atoms. The molecule has 4 N–H and O–H groups in total. The van der Waals surface area contributed by atoms with E-state index in [2.05, 4.69) is 94.3 Å². The van der Waals surface area contributed by atoms with Gasteiger partial charge in [-0.1, -0.05) is 50.2 Å². The highest BCUT2D eigenvalue weighted by molar-refractivity contribution is 7.92. The van der Waals surface area contributed by atoms with Crippen LogP contribution in [-0.2, 0) is 26.3 Å². The molecule has 2 aliphatic heterocycles. The van der Waals surface area contributed by atoms with Crippen LogP contribution < -0.4 is 19.7 Å². The number of aromatic amines is 1. The van der Waals surface area contributed by atoms with Crippen molar-refractivity contribution >= 4 is 59.6 Å². The van der Waals surface area contributed by atoms with Crippen LogP contribution >= 0.6 is 0 Å². The first kappa shape index (κ1) is 54.8. The van der Waals surface area contributed by atoms with Crippen molar-refractivity contribution < 1.29 is 36.6 Å². The number of rotatable bonds is 16. The number of halogens is 1. The Labute approximate surface area is 455 Å². The second kappa shape index (κ2) is 22.0. The van der Waals surface area contributed by atoms with E-state index in [1.165, 1.54) is 41.2 Å². The minimum Gasteiger partial charge on any atom is -0.455 e. The minimum atomic E-state index is -4.72. The summed E-state index contributed by atoms with van der Waals surface area (Å²) in [5.41, 5.74) is 4.41. The molecular formula is C57H69FN10O8S2. The molecule has 4 fully saturated rings. The summed E-state index contributed by atoms with van der Waals surface area (Å²) in [7, 11) is -6.97.